The monoisotopic (exact) mass is 1670 g/mol. The van der Waals surface area contributed by atoms with Gasteiger partial charge in [0.05, 0.1) is 68.2 Å². The van der Waals surface area contributed by atoms with Crippen LogP contribution in [0.5, 0.6) is 0 Å². The molecule has 3 radical (unpaired) electrons. The van der Waals surface area contributed by atoms with E-state index < -0.39 is 17.3 Å². The number of carboxylic acid groups (broad SMARTS) is 1. The van der Waals surface area contributed by atoms with Crippen LogP contribution in [0.2, 0.25) is 15.7 Å². The van der Waals surface area contributed by atoms with Crippen LogP contribution < -0.4 is 97.8 Å². The maximum absolute atomic E-state index is 11.1. The molecule has 11 heterocycles. The van der Waals surface area contributed by atoms with Crippen LogP contribution in [0.15, 0.2) is 92.7 Å². The number of anilines is 2. The van der Waals surface area contributed by atoms with Gasteiger partial charge in [-0.3, -0.25) is 29.3 Å². The Labute approximate surface area is 584 Å². The fraction of sp³-hybridized carbons (Fsp3) is 0.0769. The standard InChI is InChI=1S/C6HBrCl2N2S.C6H4BrClN2S.C6H2BrClN2S.C6H3BrN2O2S.C6H4N2O2S.C6H7NO2S.C2H4O2.CHNO.B.Br2.2Na.H/c7-2-1-12-4-3(2)10-6(9)11-5(4)8;2*7-3-2-11-4-1-9-6(8)10-5(3)4;7-2-1-12-4-3(2)8-6(11)9-5(4)10;9-5-4-3(1-2-11-4)7-6(10)8-5;1-9-6(8)5-4(7)2-3-10-5;1-2(3)4;2-1-3;;1-2;;;/h1H;2H,1H2,(H,9,10);1-2H;1H,(H2,8,9,10,11);1-2H,(H2,7,8,9,10);2-3H,7H2,1H3;1H3,(H,3,4);3H;;;;;/q;;;;;;;;;;2*+1;-1/p-1. The number of rotatable bonds is 1. The molecule has 8 N–H and O–H groups in total. The van der Waals surface area contributed by atoms with Gasteiger partial charge in [0.2, 0.25) is 10.6 Å². The van der Waals surface area contributed by atoms with E-state index in [1.54, 1.807) is 57.1 Å². The summed E-state index contributed by atoms with van der Waals surface area (Å²) in [7, 11) is 1.33. The molecule has 0 unspecified atom stereocenters. The molecule has 79 heavy (non-hydrogen) atoms. The number of aromatic nitrogens is 8. The molecule has 1 aliphatic heterocycles. The number of ether oxygens (including phenoxy) is 1. The van der Waals surface area contributed by atoms with Gasteiger partial charge in [0, 0.05) is 77.6 Å². The second-order valence-electron chi connectivity index (χ2n) is 12.7. The van der Waals surface area contributed by atoms with Gasteiger partial charge in [0.1, 0.15) is 25.3 Å². The fourth-order valence-electron chi connectivity index (χ4n) is 4.91. The number of thiophene rings is 6. The number of amidine groups is 1. The second-order valence-corrected chi connectivity index (χ2v) is 22.9. The third kappa shape index (κ3) is 24.8. The zero-order valence-electron chi connectivity index (χ0n) is 40.7. The number of carbonyl (C=O) groups is 2. The number of aliphatic imine (C=N–C) groups is 1. The molecule has 0 saturated carbocycles. The van der Waals surface area contributed by atoms with Crippen LogP contribution in [-0.2, 0) is 16.1 Å². The van der Waals surface area contributed by atoms with E-state index in [-0.39, 0.29) is 96.6 Å². The number of carbonyl (C=O) groups excluding carboxylic acids is 1. The van der Waals surface area contributed by atoms with Gasteiger partial charge < -0.3 is 37.4 Å². The van der Waals surface area contributed by atoms with Crippen LogP contribution in [0, 0.1) is 11.5 Å². The predicted octanol–water partition coefficient (Wildman–Crippen LogP) is 6.68. The Morgan fingerprint density at radius 3 is 1.91 bits per heavy atom. The van der Waals surface area contributed by atoms with E-state index >= 15 is 0 Å². The molecule has 10 aromatic heterocycles. The van der Waals surface area contributed by atoms with Crippen molar-refractivity contribution in [2.24, 2.45) is 4.99 Å². The first kappa shape index (κ1) is 77.4. The molecule has 0 fully saturated rings. The van der Waals surface area contributed by atoms with Gasteiger partial charge in [-0.05, 0) is 121 Å². The zero-order chi connectivity index (χ0) is 56.8. The number of aliphatic carboxylic acids is 1. The number of H-pyrrole nitrogens is 4. The Balaban J connectivity index is 0. The molecule has 0 atom stereocenters. The van der Waals surface area contributed by atoms with Crippen molar-refractivity contribution >= 4 is 284 Å². The van der Waals surface area contributed by atoms with Gasteiger partial charge in [-0.15, -0.1) is 68.0 Å². The molecule has 407 valence electrons. The smallest absolute Gasteiger partial charge is 1.00 e. The number of nitrogen functional groups attached to an aromatic ring is 1. The largest absolute Gasteiger partial charge is 1.00 e. The SMILES string of the molecule is BrBr.CC(=O)O.COC(=O)c1sccc1N.ClC1=NCc2scc(Br)c2N1.Clc1nc(Cl)c2scc(Br)c2n1.Clc1ncc2scc(Br)c2n1.N#C[O-].O=c1[nH]c(=O)c2scc(Br)c2[nH]1.O=c1[nH]c(=O)c2sccc2[nH]1.[B].[H-].[Na+].[Na+]. The molecule has 10 aromatic rings. The number of esters is 1. The first-order valence-electron chi connectivity index (χ1n) is 19.0. The van der Waals surface area contributed by atoms with E-state index in [9.17, 15) is 24.0 Å². The number of nitrogens with one attached hydrogen (secondary N) is 5. The van der Waals surface area contributed by atoms with E-state index in [2.05, 4.69) is 147 Å². The van der Waals surface area contributed by atoms with Crippen LogP contribution >= 0.6 is 206 Å². The second kappa shape index (κ2) is 39.8. The maximum Gasteiger partial charge on any atom is 1.00 e. The molecule has 0 aromatic carbocycles. The minimum Gasteiger partial charge on any atom is -1.00 e. The molecule has 0 spiro atoms. The summed E-state index contributed by atoms with van der Waals surface area (Å²) < 4.78 is 11.1. The number of nitrogens with zero attached hydrogens (tertiary/aromatic N) is 6. The van der Waals surface area contributed by atoms with Crippen molar-refractivity contribution in [2.75, 3.05) is 18.2 Å². The quantitative estimate of drug-likeness (QED) is 0.0225. The maximum atomic E-state index is 11.1. The third-order valence-electron chi connectivity index (χ3n) is 7.79. The number of hydrogen-bond donors (Lipinski definition) is 7. The summed E-state index contributed by atoms with van der Waals surface area (Å²) in [5.74, 6) is -1.20. The van der Waals surface area contributed by atoms with Crippen molar-refractivity contribution < 1.29 is 85.1 Å². The van der Waals surface area contributed by atoms with Crippen molar-refractivity contribution in [3.63, 3.8) is 0 Å². The number of carboxylic acids is 1. The van der Waals surface area contributed by atoms with Crippen molar-refractivity contribution in [2.45, 2.75) is 13.5 Å². The van der Waals surface area contributed by atoms with E-state index in [0.29, 0.717) is 54.2 Å². The number of aromatic amines is 4. The van der Waals surface area contributed by atoms with Gasteiger partial charge in [-0.2, -0.15) is 0 Å². The normalized spacial score (nSPS) is 10.0. The minimum atomic E-state index is -0.833. The number of halogens is 10. The van der Waals surface area contributed by atoms with Crippen LogP contribution in [0.4, 0.5) is 11.4 Å². The Morgan fingerprint density at radius 2 is 1.30 bits per heavy atom. The van der Waals surface area contributed by atoms with Crippen molar-refractivity contribution in [3.8, 4) is 6.26 Å². The van der Waals surface area contributed by atoms with Crippen LogP contribution in [-0.4, -0.2) is 77.7 Å². The average molecular weight is 1680 g/mol. The van der Waals surface area contributed by atoms with Crippen molar-refractivity contribution in [3.05, 3.63) is 136 Å². The van der Waals surface area contributed by atoms with E-state index in [4.69, 9.17) is 72.4 Å². The molecule has 11 rings (SSSR count). The molecular weight excluding hydrogens is 1650 g/mol. The zero-order valence-corrected chi connectivity index (χ0v) is 61.1. The molecule has 21 nitrogen and oxygen atoms in total. The summed E-state index contributed by atoms with van der Waals surface area (Å²) in [6.45, 7) is 1.78. The van der Waals surface area contributed by atoms with Gasteiger partial charge in [0.15, 0.2) is 10.4 Å². The number of nitrogens with two attached hydrogens (primary N) is 1. The van der Waals surface area contributed by atoms with Gasteiger partial charge in [-0.1, -0.05) is 11.6 Å². The van der Waals surface area contributed by atoms with Gasteiger partial charge in [0.25, 0.3) is 17.1 Å². The first-order valence-corrected chi connectivity index (χ1v) is 32.7. The summed E-state index contributed by atoms with van der Waals surface area (Å²) in [6.07, 6.45) is 2.22. The summed E-state index contributed by atoms with van der Waals surface area (Å²) in [6, 6.07) is 3.38. The topological polar surface area (TPSA) is 344 Å². The van der Waals surface area contributed by atoms with E-state index in [0.717, 1.165) is 50.9 Å². The Morgan fingerprint density at radius 1 is 0.772 bits per heavy atom. The summed E-state index contributed by atoms with van der Waals surface area (Å²) >= 11 is 50.2. The molecular formula is C39H26BBr6Cl4N12Na2O9S6. The van der Waals surface area contributed by atoms with Gasteiger partial charge in [-0.25, -0.2) is 39.6 Å². The van der Waals surface area contributed by atoms with Crippen LogP contribution in [0.25, 0.3) is 40.9 Å². The molecule has 40 heteroatoms. The number of hydrogen-bond acceptors (Lipinski definition) is 22. The summed E-state index contributed by atoms with van der Waals surface area (Å²) in [5, 5.41) is 37.9. The van der Waals surface area contributed by atoms with Crippen molar-refractivity contribution in [1.82, 2.24) is 39.9 Å². The van der Waals surface area contributed by atoms with Gasteiger partial charge >= 0.3 is 76.5 Å². The molecule has 0 amide bonds. The first-order chi connectivity index (χ1) is 36.1. The summed E-state index contributed by atoms with van der Waals surface area (Å²) in [4.78, 5) is 94.3. The van der Waals surface area contributed by atoms with Crippen LogP contribution in [0.3, 0.4) is 0 Å². The minimum absolute atomic E-state index is 0. The number of fused-ring (bicyclic) bond motifs is 5. The predicted molar refractivity (Wildman–Crippen MR) is 335 cm³/mol. The number of nitriles is 1. The number of methoxy groups -OCH3 is 1. The van der Waals surface area contributed by atoms with Crippen molar-refractivity contribution in [1.29, 1.82) is 5.26 Å². The molecule has 0 aliphatic carbocycles. The molecule has 0 saturated heterocycles. The molecule has 1 aliphatic rings. The Kier molecular flexibility index (Phi) is 39.0. The fourth-order valence-corrected chi connectivity index (χ4v) is 13.1. The van der Waals surface area contributed by atoms with E-state index in [1.807, 2.05) is 16.1 Å². The molecule has 0 bridgehead atoms. The Bertz CT molecular complexity index is 3920. The van der Waals surface area contributed by atoms with Crippen LogP contribution in [0.1, 0.15) is 22.9 Å². The average Bonchev–Trinajstić information content (AvgIpc) is 4.26. The summed E-state index contributed by atoms with van der Waals surface area (Å²) in [5.41, 5.74) is 8.19. The third-order valence-corrected chi connectivity index (χ3v) is 18.1. The van der Waals surface area contributed by atoms with E-state index in [1.165, 1.54) is 57.3 Å². The Hall–Kier alpha value is -1.64.